The van der Waals surface area contributed by atoms with E-state index in [-0.39, 0.29) is 17.2 Å². The number of carboxylic acid groups (broad SMARTS) is 1. The SMILES string of the molecule is O=C(CCC[NH+]1CCC(O)(c2ccc(Cl)cc2)CC1)c1ccc(F)cc1.O=C(O)c1ccc([O-])c(O)c1. The number of Topliss-reactive ketones (excluding diaryl/α,β-unsaturated/α-hetero) is 1. The third kappa shape index (κ3) is 8.01. The number of aromatic hydroxyl groups is 1. The van der Waals surface area contributed by atoms with Crippen molar-refractivity contribution in [1.29, 1.82) is 0 Å². The van der Waals surface area contributed by atoms with Gasteiger partial charge < -0.3 is 25.3 Å². The van der Waals surface area contributed by atoms with Crippen LogP contribution in [0.2, 0.25) is 5.02 Å². The van der Waals surface area contributed by atoms with Gasteiger partial charge in [0, 0.05) is 36.3 Å². The highest BCUT2D eigenvalue weighted by Gasteiger charge is 2.36. The molecule has 0 atom stereocenters. The molecule has 0 saturated carbocycles. The van der Waals surface area contributed by atoms with Crippen LogP contribution >= 0.6 is 11.6 Å². The third-order valence-electron chi connectivity index (χ3n) is 6.47. The van der Waals surface area contributed by atoms with Crippen molar-refractivity contribution in [3.63, 3.8) is 0 Å². The number of piperidine rings is 1. The minimum Gasteiger partial charge on any atom is -0.870 e. The topological polar surface area (TPSA) is 122 Å². The molecule has 37 heavy (non-hydrogen) atoms. The number of quaternary nitrogens is 1. The molecular formula is C28H29ClFNO6. The largest absolute Gasteiger partial charge is 0.870 e. The molecule has 3 aromatic carbocycles. The number of carboxylic acids is 1. The van der Waals surface area contributed by atoms with E-state index in [1.165, 1.54) is 29.2 Å². The van der Waals surface area contributed by atoms with Crippen LogP contribution in [0.3, 0.4) is 0 Å². The zero-order chi connectivity index (χ0) is 27.0. The smallest absolute Gasteiger partial charge is 0.335 e. The Morgan fingerprint density at radius 2 is 1.57 bits per heavy atom. The predicted octanol–water partition coefficient (Wildman–Crippen LogP) is 3.17. The second-order valence-corrected chi connectivity index (χ2v) is 9.50. The first-order valence-corrected chi connectivity index (χ1v) is 12.3. The molecule has 0 spiro atoms. The third-order valence-corrected chi connectivity index (χ3v) is 6.72. The lowest BCUT2D eigenvalue weighted by molar-refractivity contribution is -0.908. The van der Waals surface area contributed by atoms with Crippen molar-refractivity contribution in [3.8, 4) is 11.5 Å². The van der Waals surface area contributed by atoms with Crippen molar-refractivity contribution in [2.45, 2.75) is 31.3 Å². The molecule has 1 aliphatic heterocycles. The molecule has 4 rings (SSSR count). The van der Waals surface area contributed by atoms with E-state index in [1.807, 2.05) is 24.3 Å². The van der Waals surface area contributed by atoms with Crippen LogP contribution in [0.5, 0.6) is 11.5 Å². The number of carbonyl (C=O) groups is 2. The number of phenols is 1. The Morgan fingerprint density at radius 1 is 0.973 bits per heavy atom. The predicted molar refractivity (Wildman–Crippen MR) is 135 cm³/mol. The van der Waals surface area contributed by atoms with E-state index in [9.17, 15) is 24.2 Å². The molecule has 7 nitrogen and oxygen atoms in total. The van der Waals surface area contributed by atoms with E-state index in [4.69, 9.17) is 21.8 Å². The Balaban J connectivity index is 0.000000289. The highest BCUT2D eigenvalue weighted by Crippen LogP contribution is 2.30. The molecule has 1 heterocycles. The van der Waals surface area contributed by atoms with Gasteiger partial charge in [-0.05, 0) is 54.1 Å². The van der Waals surface area contributed by atoms with Gasteiger partial charge in [-0.15, -0.1) is 0 Å². The molecule has 0 bridgehead atoms. The van der Waals surface area contributed by atoms with Crippen LogP contribution in [0.25, 0.3) is 0 Å². The van der Waals surface area contributed by atoms with Crippen LogP contribution in [-0.2, 0) is 5.60 Å². The lowest BCUT2D eigenvalue weighted by Gasteiger charge is -2.36. The number of aliphatic hydroxyl groups is 1. The Bertz CT molecular complexity index is 1210. The maximum Gasteiger partial charge on any atom is 0.335 e. The van der Waals surface area contributed by atoms with Crippen LogP contribution in [-0.4, -0.2) is 46.7 Å². The molecule has 1 fully saturated rings. The van der Waals surface area contributed by atoms with Crippen molar-refractivity contribution in [1.82, 2.24) is 0 Å². The number of nitrogens with one attached hydrogen (secondary N) is 1. The quantitative estimate of drug-likeness (QED) is 0.349. The number of rotatable bonds is 7. The fourth-order valence-corrected chi connectivity index (χ4v) is 4.37. The normalized spacial score (nSPS) is 18.9. The van der Waals surface area contributed by atoms with E-state index in [0.717, 1.165) is 49.8 Å². The van der Waals surface area contributed by atoms with Crippen molar-refractivity contribution in [3.05, 3.63) is 94.3 Å². The summed E-state index contributed by atoms with van der Waals surface area (Å²) in [6.45, 7) is 2.66. The number of likely N-dealkylation sites (tertiary alicyclic amines) is 1. The molecule has 0 unspecified atom stereocenters. The highest BCUT2D eigenvalue weighted by molar-refractivity contribution is 6.30. The van der Waals surface area contributed by atoms with Gasteiger partial charge in [-0.3, -0.25) is 4.79 Å². The van der Waals surface area contributed by atoms with Gasteiger partial charge in [0.15, 0.2) is 5.78 Å². The second kappa shape index (κ2) is 12.7. The number of ketones is 1. The number of halogens is 2. The van der Waals surface area contributed by atoms with Gasteiger partial charge in [0.25, 0.3) is 0 Å². The average molecular weight is 530 g/mol. The Labute approximate surface area is 219 Å². The second-order valence-electron chi connectivity index (χ2n) is 9.06. The Hall–Kier alpha value is -3.46. The molecule has 0 radical (unpaired) electrons. The Kier molecular flexibility index (Phi) is 9.63. The van der Waals surface area contributed by atoms with E-state index >= 15 is 0 Å². The maximum absolute atomic E-state index is 12.9. The minimum atomic E-state index is -1.17. The van der Waals surface area contributed by atoms with Crippen LogP contribution < -0.4 is 10.0 Å². The Morgan fingerprint density at radius 3 is 2.14 bits per heavy atom. The summed E-state index contributed by atoms with van der Waals surface area (Å²) in [5, 5.41) is 39.3. The lowest BCUT2D eigenvalue weighted by Crippen LogP contribution is -3.13. The summed E-state index contributed by atoms with van der Waals surface area (Å²) < 4.78 is 12.9. The molecule has 9 heteroatoms. The zero-order valence-corrected chi connectivity index (χ0v) is 20.9. The molecule has 0 aromatic heterocycles. The van der Waals surface area contributed by atoms with E-state index in [1.54, 1.807) is 0 Å². The van der Waals surface area contributed by atoms with Crippen LogP contribution in [0, 0.1) is 5.82 Å². The lowest BCUT2D eigenvalue weighted by atomic mass is 9.84. The van der Waals surface area contributed by atoms with E-state index in [2.05, 4.69) is 0 Å². The zero-order valence-electron chi connectivity index (χ0n) is 20.1. The summed E-state index contributed by atoms with van der Waals surface area (Å²) >= 11 is 5.92. The van der Waals surface area contributed by atoms with E-state index in [0.29, 0.717) is 29.8 Å². The first-order chi connectivity index (χ1) is 17.6. The maximum atomic E-state index is 12.9. The molecule has 0 amide bonds. The monoisotopic (exact) mass is 529 g/mol. The fraction of sp³-hybridized carbons (Fsp3) is 0.286. The number of hydrogen-bond acceptors (Lipinski definition) is 5. The number of benzene rings is 3. The van der Waals surface area contributed by atoms with E-state index < -0.39 is 23.1 Å². The van der Waals surface area contributed by atoms with Crippen molar-refractivity contribution in [2.75, 3.05) is 19.6 Å². The fourth-order valence-electron chi connectivity index (χ4n) is 4.25. The molecule has 0 aliphatic carbocycles. The molecule has 1 aliphatic rings. The van der Waals surface area contributed by atoms with Crippen LogP contribution in [0.4, 0.5) is 4.39 Å². The van der Waals surface area contributed by atoms with Gasteiger partial charge in [0.1, 0.15) is 17.2 Å². The van der Waals surface area contributed by atoms with Gasteiger partial charge in [-0.1, -0.05) is 35.5 Å². The summed E-state index contributed by atoms with van der Waals surface area (Å²) in [6, 6.07) is 16.2. The summed E-state index contributed by atoms with van der Waals surface area (Å²) in [7, 11) is 0. The molecule has 196 valence electrons. The van der Waals surface area contributed by atoms with Crippen LogP contribution in [0.1, 0.15) is 52.0 Å². The van der Waals surface area contributed by atoms with Gasteiger partial charge in [-0.2, -0.15) is 0 Å². The van der Waals surface area contributed by atoms with Crippen molar-refractivity contribution >= 4 is 23.4 Å². The molecule has 4 N–H and O–H groups in total. The highest BCUT2D eigenvalue weighted by atomic mass is 35.5. The summed E-state index contributed by atoms with van der Waals surface area (Å²) in [4.78, 5) is 23.8. The standard InChI is InChI=1S/C21H23ClFNO2.C7H6O4/c22-18-7-5-17(6-8-18)21(26)11-14-24(15-12-21)13-1-2-20(25)16-3-9-19(23)10-4-16;8-5-2-1-4(7(10)11)3-6(5)9/h3-10,26H,1-2,11-15H2;1-3,8-9H,(H,10,11). The van der Waals surface area contributed by atoms with Crippen molar-refractivity contribution in [2.24, 2.45) is 0 Å². The molecule has 3 aromatic rings. The van der Waals surface area contributed by atoms with Gasteiger partial charge in [-0.25, -0.2) is 9.18 Å². The summed E-state index contributed by atoms with van der Waals surface area (Å²) in [5.41, 5.74) is 0.615. The van der Waals surface area contributed by atoms with Crippen molar-refractivity contribution < 1.29 is 39.3 Å². The average Bonchev–Trinajstić information content (AvgIpc) is 2.88. The molecular weight excluding hydrogens is 501 g/mol. The summed E-state index contributed by atoms with van der Waals surface area (Å²) in [5.74, 6) is -2.55. The van der Waals surface area contributed by atoms with Gasteiger partial charge in [0.05, 0.1) is 25.2 Å². The minimum absolute atomic E-state index is 0.0547. The van der Waals surface area contributed by atoms with Crippen LogP contribution in [0.15, 0.2) is 66.7 Å². The first-order valence-electron chi connectivity index (χ1n) is 11.9. The molecule has 1 saturated heterocycles. The van der Waals surface area contributed by atoms with Gasteiger partial charge in [0.2, 0.25) is 0 Å². The number of carbonyl (C=O) groups excluding carboxylic acids is 1. The number of hydrogen-bond donors (Lipinski definition) is 4. The number of aromatic carboxylic acids is 1. The van der Waals surface area contributed by atoms with Gasteiger partial charge >= 0.3 is 5.97 Å². The first kappa shape index (κ1) is 28.1. The summed E-state index contributed by atoms with van der Waals surface area (Å²) in [6.07, 6.45) is 2.67. The number of phenolic OH excluding ortho intramolecular Hbond substituents is 1.